The lowest BCUT2D eigenvalue weighted by Gasteiger charge is -2.27. The van der Waals surface area contributed by atoms with Crippen LogP contribution in [0, 0.1) is 11.3 Å². The minimum atomic E-state index is 0.428. The van der Waals surface area contributed by atoms with Crippen molar-refractivity contribution in [2.75, 3.05) is 18.8 Å². The first-order chi connectivity index (χ1) is 7.97. The molecule has 1 aromatic rings. The van der Waals surface area contributed by atoms with Crippen molar-refractivity contribution in [2.24, 2.45) is 11.3 Å². The van der Waals surface area contributed by atoms with Crippen LogP contribution in [-0.2, 0) is 6.54 Å². The van der Waals surface area contributed by atoms with Gasteiger partial charge < -0.3 is 5.73 Å². The Morgan fingerprint density at radius 2 is 2.00 bits per heavy atom. The molecule has 2 heteroatoms. The smallest absolute Gasteiger partial charge is 0.0359 e. The topological polar surface area (TPSA) is 29.3 Å². The number of nitrogens with zero attached hydrogens (tertiary/aromatic N) is 1. The number of hydrogen-bond donors (Lipinski definition) is 1. The average molecular weight is 232 g/mol. The lowest BCUT2D eigenvalue weighted by Crippen LogP contribution is -2.26. The van der Waals surface area contributed by atoms with E-state index in [1.54, 1.807) is 0 Å². The van der Waals surface area contributed by atoms with Crippen molar-refractivity contribution in [3.8, 4) is 0 Å². The molecule has 0 aromatic heterocycles. The van der Waals surface area contributed by atoms with Gasteiger partial charge in [0.15, 0.2) is 0 Å². The zero-order valence-corrected chi connectivity index (χ0v) is 11.2. The minimum Gasteiger partial charge on any atom is -0.398 e. The van der Waals surface area contributed by atoms with Crippen LogP contribution in [0.3, 0.4) is 0 Å². The molecular weight excluding hydrogens is 208 g/mol. The van der Waals surface area contributed by atoms with Gasteiger partial charge in [0.1, 0.15) is 0 Å². The van der Waals surface area contributed by atoms with E-state index < -0.39 is 0 Å². The standard InChI is InChI=1S/C15H24N2/c1-15(2,3)13-8-9-17(11-13)10-12-6-4-5-7-14(12)16/h4-7,13H,8-11,16H2,1-3H3. The number of likely N-dealkylation sites (tertiary alicyclic amines) is 1. The van der Waals surface area contributed by atoms with E-state index in [9.17, 15) is 0 Å². The lowest BCUT2D eigenvalue weighted by atomic mass is 9.80. The first kappa shape index (κ1) is 12.4. The van der Waals surface area contributed by atoms with Crippen LogP contribution >= 0.6 is 0 Å². The largest absolute Gasteiger partial charge is 0.398 e. The summed E-state index contributed by atoms with van der Waals surface area (Å²) in [5.74, 6) is 0.812. The van der Waals surface area contributed by atoms with E-state index in [2.05, 4.69) is 37.8 Å². The number of anilines is 1. The van der Waals surface area contributed by atoms with Gasteiger partial charge in [-0.1, -0.05) is 39.0 Å². The molecular formula is C15H24N2. The third-order valence-corrected chi connectivity index (χ3v) is 3.95. The van der Waals surface area contributed by atoms with Gasteiger partial charge in [0.2, 0.25) is 0 Å². The van der Waals surface area contributed by atoms with Gasteiger partial charge in [0.25, 0.3) is 0 Å². The molecule has 2 nitrogen and oxygen atoms in total. The SMILES string of the molecule is CC(C)(C)C1CCN(Cc2ccccc2N)C1. The Bertz CT molecular complexity index is 379. The molecule has 1 saturated heterocycles. The molecule has 0 amide bonds. The van der Waals surface area contributed by atoms with Gasteiger partial charge in [0.05, 0.1) is 0 Å². The highest BCUT2D eigenvalue weighted by Crippen LogP contribution is 2.34. The Hall–Kier alpha value is -1.02. The minimum absolute atomic E-state index is 0.428. The van der Waals surface area contributed by atoms with Crippen LogP contribution in [0.15, 0.2) is 24.3 Å². The fourth-order valence-electron chi connectivity index (χ4n) is 2.60. The van der Waals surface area contributed by atoms with Crippen LogP contribution in [-0.4, -0.2) is 18.0 Å². The molecule has 1 aromatic carbocycles. The molecule has 0 bridgehead atoms. The predicted octanol–water partition coefficient (Wildman–Crippen LogP) is 3.14. The Labute approximate surface area is 105 Å². The second kappa shape index (κ2) is 4.69. The summed E-state index contributed by atoms with van der Waals surface area (Å²) in [6.45, 7) is 10.4. The quantitative estimate of drug-likeness (QED) is 0.794. The summed E-state index contributed by atoms with van der Waals surface area (Å²) in [6.07, 6.45) is 1.32. The van der Waals surface area contributed by atoms with Crippen molar-refractivity contribution in [1.82, 2.24) is 4.90 Å². The zero-order chi connectivity index (χ0) is 12.5. The first-order valence-electron chi connectivity index (χ1n) is 6.52. The van der Waals surface area contributed by atoms with E-state index >= 15 is 0 Å². The Balaban J connectivity index is 1.97. The number of nitrogens with two attached hydrogens (primary N) is 1. The molecule has 1 aliphatic heterocycles. The molecule has 0 aliphatic carbocycles. The van der Waals surface area contributed by atoms with Crippen LogP contribution in [0.1, 0.15) is 32.8 Å². The van der Waals surface area contributed by atoms with Crippen LogP contribution in [0.4, 0.5) is 5.69 Å². The van der Waals surface area contributed by atoms with E-state index in [1.807, 2.05) is 12.1 Å². The molecule has 0 radical (unpaired) electrons. The Morgan fingerprint density at radius 1 is 1.29 bits per heavy atom. The molecule has 1 aliphatic rings. The van der Waals surface area contributed by atoms with E-state index in [4.69, 9.17) is 5.73 Å². The van der Waals surface area contributed by atoms with E-state index in [0.717, 1.165) is 18.2 Å². The maximum atomic E-state index is 5.99. The maximum absolute atomic E-state index is 5.99. The second-order valence-electron chi connectivity index (χ2n) is 6.29. The van der Waals surface area contributed by atoms with Crippen molar-refractivity contribution in [3.05, 3.63) is 29.8 Å². The van der Waals surface area contributed by atoms with Crippen LogP contribution < -0.4 is 5.73 Å². The third kappa shape index (κ3) is 3.01. The van der Waals surface area contributed by atoms with Crippen molar-refractivity contribution in [3.63, 3.8) is 0 Å². The van der Waals surface area contributed by atoms with Gasteiger partial charge in [-0.3, -0.25) is 4.90 Å². The highest BCUT2D eigenvalue weighted by Gasteiger charge is 2.31. The summed E-state index contributed by atoms with van der Waals surface area (Å²) >= 11 is 0. The van der Waals surface area contributed by atoms with Gasteiger partial charge in [-0.25, -0.2) is 0 Å². The summed E-state index contributed by atoms with van der Waals surface area (Å²) < 4.78 is 0. The third-order valence-electron chi connectivity index (χ3n) is 3.95. The fraction of sp³-hybridized carbons (Fsp3) is 0.600. The molecule has 94 valence electrons. The van der Waals surface area contributed by atoms with Gasteiger partial charge in [-0.2, -0.15) is 0 Å². The van der Waals surface area contributed by atoms with Crippen molar-refractivity contribution in [1.29, 1.82) is 0 Å². The van der Waals surface area contributed by atoms with Gasteiger partial charge in [0, 0.05) is 18.8 Å². The number of hydrogen-bond acceptors (Lipinski definition) is 2. The highest BCUT2D eigenvalue weighted by molar-refractivity contribution is 5.46. The van der Waals surface area contributed by atoms with E-state index in [0.29, 0.717) is 5.41 Å². The second-order valence-corrected chi connectivity index (χ2v) is 6.29. The van der Waals surface area contributed by atoms with Crippen molar-refractivity contribution < 1.29 is 0 Å². The molecule has 1 unspecified atom stereocenters. The predicted molar refractivity (Wildman–Crippen MR) is 73.7 cm³/mol. The molecule has 0 spiro atoms. The molecule has 1 atom stereocenters. The summed E-state index contributed by atoms with van der Waals surface area (Å²) in [7, 11) is 0. The average Bonchev–Trinajstić information content (AvgIpc) is 2.69. The molecule has 2 N–H and O–H groups in total. The lowest BCUT2D eigenvalue weighted by molar-refractivity contribution is 0.226. The monoisotopic (exact) mass is 232 g/mol. The van der Waals surface area contributed by atoms with E-state index in [-0.39, 0.29) is 0 Å². The first-order valence-corrected chi connectivity index (χ1v) is 6.52. The molecule has 0 saturated carbocycles. The summed E-state index contributed by atoms with van der Waals surface area (Å²) in [6, 6.07) is 8.20. The summed E-state index contributed by atoms with van der Waals surface area (Å²) in [5.41, 5.74) is 8.61. The molecule has 1 heterocycles. The Kier molecular flexibility index (Phi) is 3.43. The van der Waals surface area contributed by atoms with Gasteiger partial charge >= 0.3 is 0 Å². The van der Waals surface area contributed by atoms with Gasteiger partial charge in [-0.15, -0.1) is 0 Å². The molecule has 1 fully saturated rings. The zero-order valence-electron chi connectivity index (χ0n) is 11.2. The highest BCUT2D eigenvalue weighted by atomic mass is 15.1. The van der Waals surface area contributed by atoms with Crippen LogP contribution in [0.2, 0.25) is 0 Å². The normalized spacial score (nSPS) is 21.9. The van der Waals surface area contributed by atoms with Gasteiger partial charge in [-0.05, 0) is 35.9 Å². The summed E-state index contributed by atoms with van der Waals surface area (Å²) in [4.78, 5) is 2.53. The summed E-state index contributed by atoms with van der Waals surface area (Å²) in [5, 5.41) is 0. The maximum Gasteiger partial charge on any atom is 0.0359 e. The van der Waals surface area contributed by atoms with Crippen molar-refractivity contribution in [2.45, 2.75) is 33.7 Å². The number of rotatable bonds is 2. The molecule has 17 heavy (non-hydrogen) atoms. The van der Waals surface area contributed by atoms with Crippen LogP contribution in [0.5, 0.6) is 0 Å². The fourth-order valence-corrected chi connectivity index (χ4v) is 2.60. The number of para-hydroxylation sites is 1. The van der Waals surface area contributed by atoms with Crippen LogP contribution in [0.25, 0.3) is 0 Å². The van der Waals surface area contributed by atoms with Crippen molar-refractivity contribution >= 4 is 5.69 Å². The number of nitrogen functional groups attached to an aromatic ring is 1. The Morgan fingerprint density at radius 3 is 2.59 bits per heavy atom. The van der Waals surface area contributed by atoms with E-state index in [1.165, 1.54) is 25.1 Å². The molecule has 2 rings (SSSR count). The number of benzene rings is 1.